The monoisotopic (exact) mass is 777 g/mol. The smallest absolute Gasteiger partial charge is 0.0386 e. The van der Waals surface area contributed by atoms with E-state index in [0.29, 0.717) is 0 Å². The molecule has 0 heterocycles. The van der Waals surface area contributed by atoms with Crippen molar-refractivity contribution in [2.24, 2.45) is 53.3 Å². The van der Waals surface area contributed by atoms with Gasteiger partial charge in [-0.15, -0.1) is 0 Å². The molecule has 9 fully saturated rings. The van der Waals surface area contributed by atoms with Gasteiger partial charge >= 0.3 is 0 Å². The number of hydrogen-bond acceptors (Lipinski definition) is 0. The average molecular weight is 777 g/mol. The fourth-order valence-corrected chi connectivity index (χ4v) is 14.4. The van der Waals surface area contributed by atoms with Crippen LogP contribution in [0, 0.1) is 53.3 Å². The Morgan fingerprint density at radius 3 is 0.411 bits per heavy atom. The Morgan fingerprint density at radius 1 is 0.179 bits per heavy atom. The van der Waals surface area contributed by atoms with Crippen molar-refractivity contribution in [2.75, 3.05) is 0 Å². The van der Waals surface area contributed by atoms with Gasteiger partial charge in [-0.2, -0.15) is 0 Å². The molecule has 0 aromatic heterocycles. The van der Waals surface area contributed by atoms with Gasteiger partial charge in [-0.1, -0.05) is 302 Å². The fraction of sp³-hybridized carbons (Fsp3) is 1.00. The largest absolute Gasteiger partial charge is 0.0651 e. The molecule has 0 heteroatoms. The van der Waals surface area contributed by atoms with Crippen LogP contribution in [0.4, 0.5) is 0 Å². The molecule has 9 aliphatic rings. The number of hydrogen-bond donors (Lipinski definition) is 0. The Kier molecular flexibility index (Phi) is 25.3. The van der Waals surface area contributed by atoms with Crippen molar-refractivity contribution >= 4 is 0 Å². The predicted molar refractivity (Wildman–Crippen MR) is 249 cm³/mol. The van der Waals surface area contributed by atoms with Gasteiger partial charge in [0.15, 0.2) is 0 Å². The Labute approximate surface area is 354 Å². The quantitative estimate of drug-likeness (QED) is 0.261. The van der Waals surface area contributed by atoms with Gasteiger partial charge in [-0.05, 0) is 53.3 Å². The third-order valence-corrected chi connectivity index (χ3v) is 18.2. The molecule has 0 radical (unpaired) electrons. The first-order valence-corrected chi connectivity index (χ1v) is 27.8. The molecule has 0 aliphatic heterocycles. The van der Waals surface area contributed by atoms with Crippen molar-refractivity contribution in [1.29, 1.82) is 0 Å². The summed E-state index contributed by atoms with van der Waals surface area (Å²) in [6.45, 7) is 2.32. The Hall–Kier alpha value is 0. The van der Waals surface area contributed by atoms with Crippen LogP contribution in [0.5, 0.6) is 0 Å². The summed E-state index contributed by atoms with van der Waals surface area (Å²) < 4.78 is 0. The lowest BCUT2D eigenvalue weighted by atomic mass is 9.73. The summed E-state index contributed by atoms with van der Waals surface area (Å²) in [5, 5.41) is 0. The van der Waals surface area contributed by atoms with Crippen molar-refractivity contribution < 1.29 is 0 Å². The highest BCUT2D eigenvalue weighted by atomic mass is 14.3. The van der Waals surface area contributed by atoms with Crippen LogP contribution in [0.1, 0.15) is 302 Å². The summed E-state index contributed by atoms with van der Waals surface area (Å²) in [4.78, 5) is 0. The van der Waals surface area contributed by atoms with E-state index in [1.807, 2.05) is 0 Å². The van der Waals surface area contributed by atoms with Gasteiger partial charge in [0.2, 0.25) is 0 Å². The second-order valence-corrected chi connectivity index (χ2v) is 22.1. The highest BCUT2D eigenvalue weighted by Gasteiger charge is 2.27. The molecule has 56 heavy (non-hydrogen) atoms. The van der Waals surface area contributed by atoms with Gasteiger partial charge in [0.1, 0.15) is 0 Å². The van der Waals surface area contributed by atoms with E-state index in [4.69, 9.17) is 0 Å². The molecule has 328 valence electrons. The lowest BCUT2D eigenvalue weighted by Crippen LogP contribution is -2.20. The fourth-order valence-electron chi connectivity index (χ4n) is 14.4. The highest BCUT2D eigenvalue weighted by molar-refractivity contribution is 4.80. The third-order valence-electron chi connectivity index (χ3n) is 18.2. The maximum Gasteiger partial charge on any atom is -0.0386 e. The molecule has 9 aliphatic carbocycles. The summed E-state index contributed by atoms with van der Waals surface area (Å²) in [5.41, 5.74) is 0. The first kappa shape index (κ1) is 47.1. The van der Waals surface area contributed by atoms with E-state index in [1.54, 1.807) is 103 Å². The van der Waals surface area contributed by atoms with E-state index < -0.39 is 0 Å². The molecule has 0 unspecified atom stereocenters. The Morgan fingerprint density at radius 2 is 0.304 bits per heavy atom. The van der Waals surface area contributed by atoms with Gasteiger partial charge in [-0.3, -0.25) is 0 Å². The zero-order valence-corrected chi connectivity index (χ0v) is 38.7. The maximum atomic E-state index is 2.32. The zero-order valence-electron chi connectivity index (χ0n) is 38.7. The minimum atomic E-state index is 1.09. The molecule has 0 amide bonds. The van der Waals surface area contributed by atoms with Crippen molar-refractivity contribution in [3.63, 3.8) is 0 Å². The SMILES string of the molecule is C1CCC(C2CCCCC2)CC1.C1CCC(C2CCCCC2)CC1.C1CCC(C2CCCCC2)CC1.C1CCC(C2CCCCC2)CC1.CCC1CCCCC1. The molecule has 0 aromatic carbocycles. The second kappa shape index (κ2) is 30.1. The van der Waals surface area contributed by atoms with Gasteiger partial charge in [0, 0.05) is 0 Å². The summed E-state index contributed by atoms with van der Waals surface area (Å²) >= 11 is 0. The third kappa shape index (κ3) is 18.7. The number of rotatable bonds is 5. The lowest BCUT2D eigenvalue weighted by molar-refractivity contribution is 0.196. The molecular weight excluding hydrogens is 673 g/mol. The lowest BCUT2D eigenvalue weighted by Gasteiger charge is -2.32. The van der Waals surface area contributed by atoms with Gasteiger partial charge in [0.25, 0.3) is 0 Å². The van der Waals surface area contributed by atoms with Crippen molar-refractivity contribution in [2.45, 2.75) is 302 Å². The van der Waals surface area contributed by atoms with Gasteiger partial charge < -0.3 is 0 Å². The van der Waals surface area contributed by atoms with Crippen LogP contribution in [0.25, 0.3) is 0 Å². The van der Waals surface area contributed by atoms with E-state index in [0.717, 1.165) is 53.3 Å². The molecular formula is C56H104. The molecule has 0 saturated heterocycles. The average Bonchev–Trinajstić information content (AvgIpc) is 3.32. The predicted octanol–water partition coefficient (Wildman–Crippen LogP) is 19.6. The van der Waals surface area contributed by atoms with E-state index in [2.05, 4.69) is 6.92 Å². The van der Waals surface area contributed by atoms with E-state index >= 15 is 0 Å². The summed E-state index contributed by atoms with van der Waals surface area (Å²) in [6, 6.07) is 0. The molecule has 9 rings (SSSR count). The molecule has 0 nitrogen and oxygen atoms in total. The van der Waals surface area contributed by atoms with Crippen molar-refractivity contribution in [3.05, 3.63) is 0 Å². The van der Waals surface area contributed by atoms with Crippen LogP contribution in [0.2, 0.25) is 0 Å². The molecule has 9 saturated carbocycles. The first-order chi connectivity index (χ1) is 27.8. The second-order valence-electron chi connectivity index (χ2n) is 22.1. The zero-order chi connectivity index (χ0) is 38.7. The van der Waals surface area contributed by atoms with Crippen molar-refractivity contribution in [1.82, 2.24) is 0 Å². The summed E-state index contributed by atoms with van der Waals surface area (Å²) in [7, 11) is 0. The highest BCUT2D eigenvalue weighted by Crippen LogP contribution is 2.41. The Balaban J connectivity index is 0.000000135. The minimum Gasteiger partial charge on any atom is -0.0651 e. The minimum absolute atomic E-state index is 1.09. The van der Waals surface area contributed by atoms with Crippen LogP contribution in [0.3, 0.4) is 0 Å². The molecule has 0 aromatic rings. The van der Waals surface area contributed by atoms with Gasteiger partial charge in [-0.25, -0.2) is 0 Å². The van der Waals surface area contributed by atoms with E-state index in [9.17, 15) is 0 Å². The van der Waals surface area contributed by atoms with Crippen LogP contribution in [-0.4, -0.2) is 0 Å². The van der Waals surface area contributed by atoms with Crippen LogP contribution in [-0.2, 0) is 0 Å². The summed E-state index contributed by atoms with van der Waals surface area (Å²) in [5.74, 6) is 10.2. The van der Waals surface area contributed by atoms with Crippen LogP contribution < -0.4 is 0 Å². The maximum absolute atomic E-state index is 2.32. The Bertz CT molecular complexity index is 658. The summed E-state index contributed by atoms with van der Waals surface area (Å²) in [6.07, 6.45) is 70.5. The van der Waals surface area contributed by atoms with E-state index in [1.165, 1.54) is 193 Å². The molecule has 0 spiro atoms. The van der Waals surface area contributed by atoms with Crippen LogP contribution in [0.15, 0.2) is 0 Å². The van der Waals surface area contributed by atoms with Gasteiger partial charge in [0.05, 0.1) is 0 Å². The van der Waals surface area contributed by atoms with Crippen molar-refractivity contribution in [3.8, 4) is 0 Å². The van der Waals surface area contributed by atoms with Crippen LogP contribution >= 0.6 is 0 Å². The first-order valence-electron chi connectivity index (χ1n) is 27.8. The molecule has 0 atom stereocenters. The molecule has 0 N–H and O–H groups in total. The molecule has 0 bridgehead atoms. The van der Waals surface area contributed by atoms with E-state index in [-0.39, 0.29) is 0 Å². The standard InChI is InChI=1S/4C12H22.C8H16/c4*1-3-7-11(8-4-1)12-9-5-2-6-10-12;1-2-8-6-4-3-5-7-8/h4*11-12H,1-10H2;8H,2-7H2,1H3. The normalized spacial score (nSPS) is 28.2. The topological polar surface area (TPSA) is 0 Å².